The van der Waals surface area contributed by atoms with Crippen LogP contribution >= 0.6 is 11.8 Å². The number of nitrogens with two attached hydrogens (primary N) is 2. The molecule has 3 aromatic carbocycles. The summed E-state index contributed by atoms with van der Waals surface area (Å²) in [5.74, 6) is 0.0340. The molecule has 0 radical (unpaired) electrons. The van der Waals surface area contributed by atoms with Gasteiger partial charge in [0.2, 0.25) is 5.95 Å². The Hall–Kier alpha value is -3.77. The number of hydrogen-bond acceptors (Lipinski definition) is 8. The first-order chi connectivity index (χ1) is 21.0. The molecule has 6 N–H and O–H groups in total. The number of aliphatic hydroxyl groups excluding tert-OH is 1. The minimum Gasteiger partial charge on any atom is -0.394 e. The molecule has 3 heterocycles. The lowest BCUT2D eigenvalue weighted by molar-refractivity contribution is -0.0471. The van der Waals surface area contributed by atoms with E-state index in [4.69, 9.17) is 11.5 Å². The number of halogens is 1. The summed E-state index contributed by atoms with van der Waals surface area (Å²) in [7, 11) is -3.22. The van der Waals surface area contributed by atoms with E-state index < -0.39 is 41.2 Å². The fourth-order valence-electron chi connectivity index (χ4n) is 7.01. The number of imidazole rings is 1. The molecule has 5 aromatic rings. The van der Waals surface area contributed by atoms with Crippen LogP contribution < -0.4 is 21.8 Å². The summed E-state index contributed by atoms with van der Waals surface area (Å²) < 4.78 is 18.8. The van der Waals surface area contributed by atoms with Crippen LogP contribution in [0.3, 0.4) is 0 Å². The highest BCUT2D eigenvalue weighted by molar-refractivity contribution is 8.00. The van der Waals surface area contributed by atoms with Crippen LogP contribution in [-0.2, 0) is 6.42 Å². The third-order valence-corrected chi connectivity index (χ3v) is 17.0. The van der Waals surface area contributed by atoms with E-state index in [9.17, 15) is 10.2 Å². The second-order valence-electron chi connectivity index (χ2n) is 12.5. The lowest BCUT2D eigenvalue weighted by Crippen LogP contribution is -2.75. The number of nitrogens with zero attached hydrogens (tertiary/aromatic N) is 4. The maximum absolute atomic E-state index is 17.2. The van der Waals surface area contributed by atoms with Gasteiger partial charge >= 0.3 is 0 Å². The number of fused-ring (bicyclic) bond motifs is 1. The molecule has 1 fully saturated rings. The van der Waals surface area contributed by atoms with E-state index in [0.717, 1.165) is 15.9 Å². The van der Waals surface area contributed by atoms with Crippen molar-refractivity contribution in [3.8, 4) is 0 Å². The highest BCUT2D eigenvalue weighted by Crippen LogP contribution is 2.55. The molecule has 1 aliphatic rings. The molecule has 11 heteroatoms. The third-order valence-electron chi connectivity index (χ3n) is 8.95. The summed E-state index contributed by atoms with van der Waals surface area (Å²) in [5.41, 5.74) is 10.3. The molecule has 5 atom stereocenters. The SMILES string of the molecule is CC(C)(C)[Si](c1ccccc1)(c1ccccc1)C(O)[C@@H]1S[C@H](n2cnc3c(N)nc(N)nc32)[C@H](F)[C@@]1(O)Cc1ccccc1. The molecule has 0 saturated carbocycles. The minimum atomic E-state index is -3.22. The normalized spacial score (nSPS) is 23.2. The van der Waals surface area contributed by atoms with Gasteiger partial charge in [0.05, 0.1) is 17.3 Å². The second-order valence-corrected chi connectivity index (χ2v) is 18.7. The number of thioether (sulfide) groups is 1. The molecule has 44 heavy (non-hydrogen) atoms. The van der Waals surface area contributed by atoms with Crippen molar-refractivity contribution >= 4 is 53.1 Å². The Bertz CT molecular complexity index is 1720. The molecule has 2 aromatic heterocycles. The molecule has 8 nitrogen and oxygen atoms in total. The number of alkyl halides is 1. The van der Waals surface area contributed by atoms with Gasteiger partial charge in [0.15, 0.2) is 25.7 Å². The van der Waals surface area contributed by atoms with Crippen molar-refractivity contribution in [3.63, 3.8) is 0 Å². The van der Waals surface area contributed by atoms with Crippen LogP contribution in [-0.4, -0.2) is 60.6 Å². The van der Waals surface area contributed by atoms with Crippen molar-refractivity contribution < 1.29 is 14.6 Å². The first kappa shape index (κ1) is 30.3. The summed E-state index contributed by atoms with van der Waals surface area (Å²) in [5, 5.41) is 25.3. The van der Waals surface area contributed by atoms with Gasteiger partial charge in [-0.15, -0.1) is 11.8 Å². The number of nitrogen functional groups attached to an aromatic ring is 2. The molecule has 0 amide bonds. The number of rotatable bonds is 7. The van der Waals surface area contributed by atoms with Gasteiger partial charge in [-0.05, 0) is 10.6 Å². The van der Waals surface area contributed by atoms with Crippen molar-refractivity contribution in [1.29, 1.82) is 0 Å². The third kappa shape index (κ3) is 4.78. The Balaban J connectivity index is 1.57. The maximum Gasteiger partial charge on any atom is 0.224 e. The van der Waals surface area contributed by atoms with Crippen molar-refractivity contribution in [2.45, 2.75) is 60.4 Å². The lowest BCUT2D eigenvalue weighted by atomic mass is 9.86. The van der Waals surface area contributed by atoms with E-state index in [0.29, 0.717) is 5.52 Å². The van der Waals surface area contributed by atoms with Gasteiger partial charge in [-0.3, -0.25) is 4.57 Å². The van der Waals surface area contributed by atoms with Crippen molar-refractivity contribution in [3.05, 3.63) is 103 Å². The van der Waals surface area contributed by atoms with E-state index in [1.54, 1.807) is 4.57 Å². The molecule has 1 aliphatic heterocycles. The van der Waals surface area contributed by atoms with E-state index in [1.807, 2.05) is 66.7 Å². The Morgan fingerprint density at radius 3 is 2.02 bits per heavy atom. The number of aromatic nitrogens is 4. The summed E-state index contributed by atoms with van der Waals surface area (Å²) in [6.45, 7) is 6.40. The van der Waals surface area contributed by atoms with E-state index in [1.165, 1.54) is 18.1 Å². The lowest BCUT2D eigenvalue weighted by Gasteiger charge is -2.50. The van der Waals surface area contributed by atoms with Gasteiger partial charge in [-0.2, -0.15) is 9.97 Å². The smallest absolute Gasteiger partial charge is 0.224 e. The van der Waals surface area contributed by atoms with Gasteiger partial charge in [-0.1, -0.05) is 122 Å². The van der Waals surface area contributed by atoms with Gasteiger partial charge < -0.3 is 21.7 Å². The number of hydrogen-bond donors (Lipinski definition) is 4. The molecule has 0 bridgehead atoms. The first-order valence-corrected chi connectivity index (χ1v) is 17.6. The summed E-state index contributed by atoms with van der Waals surface area (Å²) in [6, 6.07) is 29.4. The predicted octanol–water partition coefficient (Wildman–Crippen LogP) is 3.88. The topological polar surface area (TPSA) is 136 Å². The Morgan fingerprint density at radius 2 is 1.48 bits per heavy atom. The fraction of sp³-hybridized carbons (Fsp3) is 0.303. The average Bonchev–Trinajstić information content (AvgIpc) is 3.52. The highest BCUT2D eigenvalue weighted by atomic mass is 32.2. The quantitative estimate of drug-likeness (QED) is 0.200. The molecule has 6 rings (SSSR count). The van der Waals surface area contributed by atoms with Crippen molar-refractivity contribution in [1.82, 2.24) is 19.5 Å². The number of benzene rings is 3. The second kappa shape index (κ2) is 11.3. The van der Waals surface area contributed by atoms with Crippen LogP contribution in [0.25, 0.3) is 11.2 Å². The number of aliphatic hydroxyl groups is 2. The molecule has 1 saturated heterocycles. The Labute approximate surface area is 261 Å². The minimum absolute atomic E-state index is 0.00429. The van der Waals surface area contributed by atoms with Gasteiger partial charge in [-0.25, -0.2) is 9.37 Å². The van der Waals surface area contributed by atoms with Gasteiger partial charge in [0.25, 0.3) is 0 Å². The van der Waals surface area contributed by atoms with E-state index >= 15 is 4.39 Å². The molecule has 228 valence electrons. The van der Waals surface area contributed by atoms with E-state index in [2.05, 4.69) is 60.0 Å². The average molecular weight is 629 g/mol. The van der Waals surface area contributed by atoms with Crippen LogP contribution in [0.15, 0.2) is 97.3 Å². The van der Waals surface area contributed by atoms with Crippen LogP contribution in [0.5, 0.6) is 0 Å². The summed E-state index contributed by atoms with van der Waals surface area (Å²) in [4.78, 5) is 12.7. The molecular formula is C33H37FN6O2SSi. The largest absolute Gasteiger partial charge is 0.394 e. The van der Waals surface area contributed by atoms with Gasteiger partial charge in [0.1, 0.15) is 16.5 Å². The predicted molar refractivity (Wildman–Crippen MR) is 178 cm³/mol. The zero-order valence-electron chi connectivity index (χ0n) is 24.9. The van der Waals surface area contributed by atoms with Crippen molar-refractivity contribution in [2.75, 3.05) is 11.5 Å². The maximum atomic E-state index is 17.2. The number of anilines is 2. The summed E-state index contributed by atoms with van der Waals surface area (Å²) >= 11 is 1.21. The van der Waals surface area contributed by atoms with E-state index in [-0.39, 0.29) is 23.8 Å². The zero-order chi connectivity index (χ0) is 31.3. The van der Waals surface area contributed by atoms with Crippen LogP contribution in [0, 0.1) is 0 Å². The summed E-state index contributed by atoms with van der Waals surface area (Å²) in [6.07, 6.45) is -0.343. The molecule has 1 unspecified atom stereocenters. The van der Waals surface area contributed by atoms with Gasteiger partial charge in [0, 0.05) is 6.42 Å². The molecular weight excluding hydrogens is 592 g/mol. The molecule has 0 spiro atoms. The Kier molecular flexibility index (Phi) is 7.77. The standard InChI is InChI=1S/C33H37FN6O2SSi/c1-32(2,3)44(22-15-9-5-10-16-22,23-17-11-6-12-18-23)30(41)26-33(42,19-21-13-7-4-8-14-21)25(34)29(43-26)40-20-37-24-27(35)38-31(36)39-28(24)40/h4-18,20,25-26,29-30,41-42H,19H2,1-3H3,(H4,35,36,38,39)/t25-,26-,29-,30?,33-/m0/s1. The Morgan fingerprint density at radius 1 is 0.932 bits per heavy atom. The highest BCUT2D eigenvalue weighted by Gasteiger charge is 2.65. The fourth-order valence-corrected chi connectivity index (χ4v) is 15.2. The zero-order valence-corrected chi connectivity index (χ0v) is 26.7. The van der Waals surface area contributed by atoms with Crippen molar-refractivity contribution in [2.24, 2.45) is 0 Å². The van der Waals surface area contributed by atoms with Crippen LogP contribution in [0.1, 0.15) is 31.7 Å². The molecule has 0 aliphatic carbocycles. The first-order valence-electron chi connectivity index (χ1n) is 14.6. The van der Waals surface area contributed by atoms with Crippen LogP contribution in [0.2, 0.25) is 5.04 Å². The monoisotopic (exact) mass is 628 g/mol. The van der Waals surface area contributed by atoms with Crippen LogP contribution in [0.4, 0.5) is 16.2 Å².